The van der Waals surface area contributed by atoms with Crippen LogP contribution in [0.3, 0.4) is 0 Å². The van der Waals surface area contributed by atoms with E-state index >= 15 is 0 Å². The molecule has 5 nitrogen and oxygen atoms in total. The predicted octanol–water partition coefficient (Wildman–Crippen LogP) is 3.63. The van der Waals surface area contributed by atoms with Gasteiger partial charge in [0.25, 0.3) is 5.91 Å². The van der Waals surface area contributed by atoms with Crippen LogP contribution in [-0.4, -0.2) is 31.7 Å². The van der Waals surface area contributed by atoms with Crippen LogP contribution < -0.4 is 5.32 Å². The second-order valence-corrected chi connectivity index (χ2v) is 8.73. The standard InChI is InChI=1S/C20H22F2N2O3S/c1-14(16-7-3-4-8-17(16)21)23-20(25)15-9-10-18(22)19(13-15)28(26,27)24-11-5-2-6-12-24/h3-4,7-10,13-14H,2,5-6,11-12H2,1H3,(H,23,25)/t14-/m1/s1. The molecule has 0 saturated carbocycles. The number of hydrogen-bond acceptors (Lipinski definition) is 3. The van der Waals surface area contributed by atoms with Crippen molar-refractivity contribution in [2.45, 2.75) is 37.1 Å². The van der Waals surface area contributed by atoms with E-state index in [-0.39, 0.29) is 5.56 Å². The number of nitrogens with zero attached hydrogens (tertiary/aromatic N) is 1. The van der Waals surface area contributed by atoms with Crippen LogP contribution in [-0.2, 0) is 10.0 Å². The number of amides is 1. The number of carbonyl (C=O) groups is 1. The summed E-state index contributed by atoms with van der Waals surface area (Å²) in [5.41, 5.74) is 0.305. The van der Waals surface area contributed by atoms with Crippen LogP contribution in [0.15, 0.2) is 47.4 Å². The molecule has 0 unspecified atom stereocenters. The van der Waals surface area contributed by atoms with Crippen molar-refractivity contribution < 1.29 is 22.0 Å². The van der Waals surface area contributed by atoms with Gasteiger partial charge in [-0.2, -0.15) is 4.31 Å². The van der Waals surface area contributed by atoms with Crippen molar-refractivity contribution in [1.82, 2.24) is 9.62 Å². The lowest BCUT2D eigenvalue weighted by molar-refractivity contribution is 0.0939. The summed E-state index contributed by atoms with van der Waals surface area (Å²) in [4.78, 5) is 12.0. The van der Waals surface area contributed by atoms with Crippen LogP contribution in [0.25, 0.3) is 0 Å². The number of hydrogen-bond donors (Lipinski definition) is 1. The predicted molar refractivity (Wildman–Crippen MR) is 101 cm³/mol. The van der Waals surface area contributed by atoms with E-state index in [1.165, 1.54) is 16.4 Å². The van der Waals surface area contributed by atoms with Crippen molar-refractivity contribution >= 4 is 15.9 Å². The molecule has 1 N–H and O–H groups in total. The average molecular weight is 408 g/mol. The molecule has 3 rings (SSSR count). The molecule has 0 aliphatic carbocycles. The first kappa shape index (κ1) is 20.4. The molecule has 28 heavy (non-hydrogen) atoms. The van der Waals surface area contributed by atoms with E-state index in [0.717, 1.165) is 31.4 Å². The number of halogens is 2. The number of benzene rings is 2. The van der Waals surface area contributed by atoms with Crippen LogP contribution in [0.5, 0.6) is 0 Å². The summed E-state index contributed by atoms with van der Waals surface area (Å²) in [6, 6.07) is 8.64. The van der Waals surface area contributed by atoms with Crippen molar-refractivity contribution in [2.24, 2.45) is 0 Å². The highest BCUT2D eigenvalue weighted by Crippen LogP contribution is 2.24. The minimum absolute atomic E-state index is 0.000161. The van der Waals surface area contributed by atoms with E-state index in [1.807, 2.05) is 0 Å². The summed E-state index contributed by atoms with van der Waals surface area (Å²) in [7, 11) is -4.02. The molecular weight excluding hydrogens is 386 g/mol. The number of piperidine rings is 1. The smallest absolute Gasteiger partial charge is 0.251 e. The molecule has 1 aliphatic rings. The van der Waals surface area contributed by atoms with Crippen LogP contribution >= 0.6 is 0 Å². The third-order valence-corrected chi connectivity index (χ3v) is 6.76. The molecule has 0 spiro atoms. The summed E-state index contributed by atoms with van der Waals surface area (Å²) in [6.07, 6.45) is 2.38. The molecule has 1 atom stereocenters. The molecule has 1 fully saturated rings. The lowest BCUT2D eigenvalue weighted by Gasteiger charge is -2.26. The first-order chi connectivity index (χ1) is 13.3. The Morgan fingerprint density at radius 2 is 1.71 bits per heavy atom. The first-order valence-corrected chi connectivity index (χ1v) is 10.6. The molecule has 8 heteroatoms. The van der Waals surface area contributed by atoms with Gasteiger partial charge in [-0.05, 0) is 44.0 Å². The third-order valence-electron chi connectivity index (χ3n) is 4.85. The van der Waals surface area contributed by atoms with Gasteiger partial charge in [0.05, 0.1) is 6.04 Å². The molecule has 1 heterocycles. The third kappa shape index (κ3) is 4.23. The average Bonchev–Trinajstić information content (AvgIpc) is 2.69. The maximum Gasteiger partial charge on any atom is 0.251 e. The largest absolute Gasteiger partial charge is 0.345 e. The topological polar surface area (TPSA) is 66.5 Å². The zero-order chi connectivity index (χ0) is 20.3. The molecule has 1 amide bonds. The fourth-order valence-corrected chi connectivity index (χ4v) is 4.88. The Bertz CT molecular complexity index is 973. The van der Waals surface area contributed by atoms with Gasteiger partial charge in [0, 0.05) is 24.2 Å². The van der Waals surface area contributed by atoms with Crippen molar-refractivity contribution in [3.05, 3.63) is 65.2 Å². The number of nitrogens with one attached hydrogen (secondary N) is 1. The summed E-state index contributed by atoms with van der Waals surface area (Å²) >= 11 is 0. The van der Waals surface area contributed by atoms with Gasteiger partial charge < -0.3 is 5.32 Å². The molecule has 2 aromatic carbocycles. The summed E-state index contributed by atoms with van der Waals surface area (Å²) in [5.74, 6) is -1.96. The van der Waals surface area contributed by atoms with Crippen LogP contribution in [0.1, 0.15) is 48.1 Å². The minimum atomic E-state index is -4.02. The Hall–Kier alpha value is -2.32. The van der Waals surface area contributed by atoms with Gasteiger partial charge in [0.15, 0.2) is 0 Å². The Balaban J connectivity index is 1.84. The van der Waals surface area contributed by atoms with Gasteiger partial charge in [-0.25, -0.2) is 17.2 Å². The second-order valence-electron chi connectivity index (χ2n) is 6.83. The SMILES string of the molecule is C[C@@H](NC(=O)c1ccc(F)c(S(=O)(=O)N2CCCCC2)c1)c1ccccc1F. The van der Waals surface area contributed by atoms with Gasteiger partial charge in [-0.15, -0.1) is 0 Å². The van der Waals surface area contributed by atoms with E-state index in [4.69, 9.17) is 0 Å². The van der Waals surface area contributed by atoms with Gasteiger partial charge in [-0.1, -0.05) is 24.6 Å². The van der Waals surface area contributed by atoms with Crippen LogP contribution in [0.4, 0.5) is 8.78 Å². The lowest BCUT2D eigenvalue weighted by Crippen LogP contribution is -2.36. The van der Waals surface area contributed by atoms with Gasteiger partial charge in [-0.3, -0.25) is 4.79 Å². The highest BCUT2D eigenvalue weighted by molar-refractivity contribution is 7.89. The summed E-state index contributed by atoms with van der Waals surface area (Å²) < 4.78 is 55.0. The van der Waals surface area contributed by atoms with Gasteiger partial charge in [0.2, 0.25) is 10.0 Å². The normalized spacial score (nSPS) is 16.5. The number of rotatable bonds is 5. The summed E-state index contributed by atoms with van der Waals surface area (Å²) in [6.45, 7) is 2.29. The van der Waals surface area contributed by atoms with Gasteiger partial charge in [0.1, 0.15) is 16.5 Å². The quantitative estimate of drug-likeness (QED) is 0.822. The Morgan fingerprint density at radius 1 is 1.04 bits per heavy atom. The first-order valence-electron chi connectivity index (χ1n) is 9.15. The molecule has 2 aromatic rings. The fraction of sp³-hybridized carbons (Fsp3) is 0.350. The van der Waals surface area contributed by atoms with E-state index < -0.39 is 38.5 Å². The molecule has 0 aromatic heterocycles. The zero-order valence-corrected chi connectivity index (χ0v) is 16.3. The second kappa shape index (κ2) is 8.36. The van der Waals surface area contributed by atoms with Crippen molar-refractivity contribution in [3.8, 4) is 0 Å². The molecule has 150 valence electrons. The lowest BCUT2D eigenvalue weighted by atomic mass is 10.1. The molecule has 1 aliphatic heterocycles. The Morgan fingerprint density at radius 3 is 2.39 bits per heavy atom. The number of sulfonamides is 1. The molecule has 1 saturated heterocycles. The van der Waals surface area contributed by atoms with Crippen molar-refractivity contribution in [3.63, 3.8) is 0 Å². The maximum absolute atomic E-state index is 14.3. The monoisotopic (exact) mass is 408 g/mol. The summed E-state index contributed by atoms with van der Waals surface area (Å²) in [5, 5.41) is 2.62. The number of carbonyl (C=O) groups excluding carboxylic acids is 1. The fourth-order valence-electron chi connectivity index (χ4n) is 3.27. The highest BCUT2D eigenvalue weighted by Gasteiger charge is 2.29. The maximum atomic E-state index is 14.3. The van der Waals surface area contributed by atoms with E-state index in [9.17, 15) is 22.0 Å². The zero-order valence-electron chi connectivity index (χ0n) is 15.5. The van der Waals surface area contributed by atoms with Crippen molar-refractivity contribution in [2.75, 3.05) is 13.1 Å². The molecule has 0 radical (unpaired) electrons. The van der Waals surface area contributed by atoms with Crippen LogP contribution in [0, 0.1) is 11.6 Å². The molecular formula is C20H22F2N2O3S. The minimum Gasteiger partial charge on any atom is -0.345 e. The molecule has 0 bridgehead atoms. The van der Waals surface area contributed by atoms with E-state index in [2.05, 4.69) is 5.32 Å². The van der Waals surface area contributed by atoms with Gasteiger partial charge >= 0.3 is 0 Å². The van der Waals surface area contributed by atoms with Crippen LogP contribution in [0.2, 0.25) is 0 Å². The Labute approximate surface area is 163 Å². The highest BCUT2D eigenvalue weighted by atomic mass is 32.2. The van der Waals surface area contributed by atoms with E-state index in [0.29, 0.717) is 18.7 Å². The Kier molecular flexibility index (Phi) is 6.10. The van der Waals surface area contributed by atoms with Crippen molar-refractivity contribution in [1.29, 1.82) is 0 Å². The van der Waals surface area contributed by atoms with E-state index in [1.54, 1.807) is 25.1 Å².